The number of ether oxygens (including phenoxy) is 1. The van der Waals surface area contributed by atoms with E-state index in [1.54, 1.807) is 14.0 Å². The maximum Gasteiger partial charge on any atom is 0.277 e. The maximum absolute atomic E-state index is 12.6. The topological polar surface area (TPSA) is 76.7 Å². The minimum absolute atomic E-state index is 0.356. The highest BCUT2D eigenvalue weighted by atomic mass is 79.9. The number of nitrogens with zero attached hydrogens (tertiary/aromatic N) is 2. The Bertz CT molecular complexity index is 952. The van der Waals surface area contributed by atoms with E-state index in [-0.39, 0.29) is 0 Å². The fourth-order valence-corrected chi connectivity index (χ4v) is 2.83. The van der Waals surface area contributed by atoms with Crippen molar-refractivity contribution in [3.63, 3.8) is 0 Å². The van der Waals surface area contributed by atoms with E-state index >= 15 is 0 Å². The van der Waals surface area contributed by atoms with E-state index < -0.39 is 5.91 Å². The standard InChI is InChI=1S/C19H16BrN3O3/c1-12-17(18(23-26-12)13-6-4-3-5-7-13)19(24)22-21-11-14-10-15(20)8-9-16(14)25-2/h3-11H,1-2H3,(H,22,24)/b21-11+. The fraction of sp³-hybridized carbons (Fsp3) is 0.105. The van der Waals surface area contributed by atoms with Gasteiger partial charge in [-0.3, -0.25) is 4.79 Å². The van der Waals surface area contributed by atoms with Gasteiger partial charge in [0.05, 0.1) is 13.3 Å². The lowest BCUT2D eigenvalue weighted by Crippen LogP contribution is -2.19. The van der Waals surface area contributed by atoms with Crippen LogP contribution in [0.1, 0.15) is 21.7 Å². The number of carbonyl (C=O) groups is 1. The van der Waals surface area contributed by atoms with Crippen molar-refractivity contribution in [1.82, 2.24) is 10.6 Å². The molecule has 26 heavy (non-hydrogen) atoms. The Kier molecular flexibility index (Phi) is 5.48. The number of hydrazone groups is 1. The number of hydrogen-bond donors (Lipinski definition) is 1. The van der Waals surface area contributed by atoms with E-state index in [9.17, 15) is 4.79 Å². The predicted octanol–water partition coefficient (Wildman–Crippen LogP) is 4.19. The Morgan fingerprint density at radius 1 is 1.27 bits per heavy atom. The van der Waals surface area contributed by atoms with Crippen LogP contribution in [-0.4, -0.2) is 24.4 Å². The van der Waals surface area contributed by atoms with Gasteiger partial charge in [0.15, 0.2) is 0 Å². The van der Waals surface area contributed by atoms with Crippen LogP contribution in [0.5, 0.6) is 5.75 Å². The zero-order valence-corrected chi connectivity index (χ0v) is 15.8. The quantitative estimate of drug-likeness (QED) is 0.502. The first-order chi connectivity index (χ1) is 12.6. The molecule has 0 radical (unpaired) electrons. The molecule has 0 aliphatic heterocycles. The number of nitrogens with one attached hydrogen (secondary N) is 1. The molecule has 0 aliphatic rings. The molecule has 0 saturated heterocycles. The lowest BCUT2D eigenvalue weighted by molar-refractivity contribution is 0.0954. The largest absolute Gasteiger partial charge is 0.496 e. The molecule has 0 saturated carbocycles. The number of aromatic nitrogens is 1. The van der Waals surface area contributed by atoms with E-state index in [2.05, 4.69) is 31.6 Å². The molecule has 2 aromatic carbocycles. The summed E-state index contributed by atoms with van der Waals surface area (Å²) in [5, 5.41) is 8.03. The third kappa shape index (κ3) is 3.83. The van der Waals surface area contributed by atoms with Gasteiger partial charge in [0.1, 0.15) is 22.8 Å². The van der Waals surface area contributed by atoms with Crippen LogP contribution in [0.3, 0.4) is 0 Å². The van der Waals surface area contributed by atoms with E-state index in [4.69, 9.17) is 9.26 Å². The molecule has 1 amide bonds. The van der Waals surface area contributed by atoms with Crippen molar-refractivity contribution >= 4 is 28.1 Å². The Morgan fingerprint density at radius 3 is 2.77 bits per heavy atom. The summed E-state index contributed by atoms with van der Waals surface area (Å²) >= 11 is 3.40. The molecule has 7 heteroatoms. The van der Waals surface area contributed by atoms with Crippen LogP contribution in [-0.2, 0) is 0 Å². The highest BCUT2D eigenvalue weighted by molar-refractivity contribution is 9.10. The van der Waals surface area contributed by atoms with Crippen LogP contribution in [0, 0.1) is 6.92 Å². The van der Waals surface area contributed by atoms with Gasteiger partial charge in [0, 0.05) is 15.6 Å². The summed E-state index contributed by atoms with van der Waals surface area (Å²) in [6.45, 7) is 1.69. The lowest BCUT2D eigenvalue weighted by atomic mass is 10.1. The summed E-state index contributed by atoms with van der Waals surface area (Å²) in [6.07, 6.45) is 1.52. The molecule has 0 spiro atoms. The van der Waals surface area contributed by atoms with E-state index in [0.29, 0.717) is 22.8 Å². The van der Waals surface area contributed by atoms with Crippen molar-refractivity contribution in [1.29, 1.82) is 0 Å². The first-order valence-corrected chi connectivity index (χ1v) is 8.58. The zero-order chi connectivity index (χ0) is 18.5. The number of methoxy groups -OCH3 is 1. The molecule has 6 nitrogen and oxygen atoms in total. The number of hydrogen-bond acceptors (Lipinski definition) is 5. The normalized spacial score (nSPS) is 10.9. The molecule has 1 heterocycles. The molecule has 0 aliphatic carbocycles. The number of amides is 1. The smallest absolute Gasteiger partial charge is 0.277 e. The average Bonchev–Trinajstić information content (AvgIpc) is 3.04. The molecule has 0 unspecified atom stereocenters. The van der Waals surface area contributed by atoms with Crippen LogP contribution in [0.25, 0.3) is 11.3 Å². The van der Waals surface area contributed by atoms with Gasteiger partial charge in [-0.15, -0.1) is 0 Å². The number of benzene rings is 2. The third-order valence-electron chi connectivity index (χ3n) is 3.70. The summed E-state index contributed by atoms with van der Waals surface area (Å²) in [5.41, 5.74) is 4.88. The minimum atomic E-state index is -0.396. The third-order valence-corrected chi connectivity index (χ3v) is 4.19. The summed E-state index contributed by atoms with van der Waals surface area (Å²) in [4.78, 5) is 12.6. The number of halogens is 1. The first-order valence-electron chi connectivity index (χ1n) is 7.78. The van der Waals surface area contributed by atoms with Crippen molar-refractivity contribution in [2.45, 2.75) is 6.92 Å². The Balaban J connectivity index is 1.82. The number of rotatable bonds is 5. The van der Waals surface area contributed by atoms with Gasteiger partial charge in [0.2, 0.25) is 0 Å². The van der Waals surface area contributed by atoms with Crippen LogP contribution in [0.4, 0.5) is 0 Å². The molecular formula is C19H16BrN3O3. The maximum atomic E-state index is 12.6. The Hall–Kier alpha value is -2.93. The molecule has 0 bridgehead atoms. The van der Waals surface area contributed by atoms with Crippen molar-refractivity contribution < 1.29 is 14.1 Å². The molecule has 3 rings (SSSR count). The molecule has 1 aromatic heterocycles. The highest BCUT2D eigenvalue weighted by Gasteiger charge is 2.21. The molecule has 0 atom stereocenters. The van der Waals surface area contributed by atoms with Gasteiger partial charge < -0.3 is 9.26 Å². The Morgan fingerprint density at radius 2 is 2.04 bits per heavy atom. The first kappa shape index (κ1) is 17.9. The SMILES string of the molecule is COc1ccc(Br)cc1/C=N/NC(=O)c1c(-c2ccccc2)noc1C. The van der Waals surface area contributed by atoms with Gasteiger partial charge in [-0.25, -0.2) is 5.43 Å². The van der Waals surface area contributed by atoms with Crippen molar-refractivity contribution in [2.75, 3.05) is 7.11 Å². The predicted molar refractivity (Wildman–Crippen MR) is 102 cm³/mol. The fourth-order valence-electron chi connectivity index (χ4n) is 2.46. The zero-order valence-electron chi connectivity index (χ0n) is 14.2. The van der Waals surface area contributed by atoms with Gasteiger partial charge in [-0.1, -0.05) is 51.4 Å². The monoisotopic (exact) mass is 413 g/mol. The Labute approximate surface area is 159 Å². The van der Waals surface area contributed by atoms with Gasteiger partial charge in [-0.2, -0.15) is 5.10 Å². The van der Waals surface area contributed by atoms with Crippen LogP contribution in [0.15, 0.2) is 62.6 Å². The minimum Gasteiger partial charge on any atom is -0.496 e. The van der Waals surface area contributed by atoms with Crippen molar-refractivity contribution in [3.05, 3.63) is 69.9 Å². The van der Waals surface area contributed by atoms with Crippen molar-refractivity contribution in [3.8, 4) is 17.0 Å². The molecular weight excluding hydrogens is 398 g/mol. The van der Waals surface area contributed by atoms with E-state index in [1.807, 2.05) is 48.5 Å². The highest BCUT2D eigenvalue weighted by Crippen LogP contribution is 2.25. The summed E-state index contributed by atoms with van der Waals surface area (Å²) < 4.78 is 11.4. The summed E-state index contributed by atoms with van der Waals surface area (Å²) in [5.74, 6) is 0.682. The van der Waals surface area contributed by atoms with Crippen LogP contribution < -0.4 is 10.2 Å². The number of aryl methyl sites for hydroxylation is 1. The van der Waals surface area contributed by atoms with Crippen LogP contribution >= 0.6 is 15.9 Å². The average molecular weight is 414 g/mol. The number of carbonyl (C=O) groups excluding carboxylic acids is 1. The molecule has 132 valence electrons. The molecule has 0 fully saturated rings. The second-order valence-corrected chi connectivity index (χ2v) is 6.33. The van der Waals surface area contributed by atoms with Gasteiger partial charge in [0.25, 0.3) is 5.91 Å². The van der Waals surface area contributed by atoms with Crippen LogP contribution in [0.2, 0.25) is 0 Å². The molecule has 3 aromatic rings. The van der Waals surface area contributed by atoms with Gasteiger partial charge in [-0.05, 0) is 25.1 Å². The molecule has 1 N–H and O–H groups in total. The lowest BCUT2D eigenvalue weighted by Gasteiger charge is -2.05. The van der Waals surface area contributed by atoms with E-state index in [0.717, 1.165) is 15.6 Å². The second kappa shape index (κ2) is 7.97. The summed E-state index contributed by atoms with van der Waals surface area (Å²) in [7, 11) is 1.58. The second-order valence-electron chi connectivity index (χ2n) is 5.41. The van der Waals surface area contributed by atoms with E-state index in [1.165, 1.54) is 6.21 Å². The van der Waals surface area contributed by atoms with Crippen molar-refractivity contribution in [2.24, 2.45) is 5.10 Å². The summed E-state index contributed by atoms with van der Waals surface area (Å²) in [6, 6.07) is 14.9. The van der Waals surface area contributed by atoms with Gasteiger partial charge >= 0.3 is 0 Å².